The summed E-state index contributed by atoms with van der Waals surface area (Å²) in [4.78, 5) is 17.0. The maximum Gasteiger partial charge on any atom is 0.252 e. The molecule has 122 valence electrons. The Labute approximate surface area is 141 Å². The molecule has 0 unspecified atom stereocenters. The Morgan fingerprint density at radius 3 is 2.67 bits per heavy atom. The highest BCUT2D eigenvalue weighted by Crippen LogP contribution is 2.20. The Morgan fingerprint density at radius 1 is 1.08 bits per heavy atom. The average Bonchev–Trinajstić information content (AvgIpc) is 2.59. The molecule has 0 spiro atoms. The Kier molecular flexibility index (Phi) is 4.75. The van der Waals surface area contributed by atoms with Crippen LogP contribution in [0.5, 0.6) is 5.75 Å². The third-order valence-corrected chi connectivity index (χ3v) is 3.74. The second-order valence-electron chi connectivity index (χ2n) is 5.75. The van der Waals surface area contributed by atoms with Crippen molar-refractivity contribution in [1.82, 2.24) is 10.3 Å². The van der Waals surface area contributed by atoms with Crippen LogP contribution in [-0.2, 0) is 0 Å². The van der Waals surface area contributed by atoms with Gasteiger partial charge in [-0.2, -0.15) is 0 Å². The molecule has 0 aliphatic carbocycles. The summed E-state index contributed by atoms with van der Waals surface area (Å²) in [5.74, 6) is 0.695. The van der Waals surface area contributed by atoms with E-state index in [2.05, 4.69) is 10.3 Å². The van der Waals surface area contributed by atoms with Crippen molar-refractivity contribution in [3.8, 4) is 5.75 Å². The molecular weight excluding hydrogens is 300 g/mol. The maximum absolute atomic E-state index is 12.5. The summed E-state index contributed by atoms with van der Waals surface area (Å²) in [5.41, 5.74) is 3.43. The van der Waals surface area contributed by atoms with E-state index in [1.54, 1.807) is 0 Å². The maximum atomic E-state index is 12.5. The molecule has 4 heteroatoms. The van der Waals surface area contributed by atoms with Gasteiger partial charge < -0.3 is 10.1 Å². The van der Waals surface area contributed by atoms with Crippen molar-refractivity contribution in [2.45, 2.75) is 13.8 Å². The molecular formula is C20H20N2O2. The van der Waals surface area contributed by atoms with Crippen LogP contribution >= 0.6 is 0 Å². The minimum Gasteiger partial charge on any atom is -0.492 e. The number of aryl methyl sites for hydroxylation is 2. The minimum absolute atomic E-state index is 0.104. The first-order valence-corrected chi connectivity index (χ1v) is 7.97. The van der Waals surface area contributed by atoms with Crippen molar-refractivity contribution in [3.63, 3.8) is 0 Å². The summed E-state index contributed by atoms with van der Waals surface area (Å²) in [6, 6.07) is 17.3. The van der Waals surface area contributed by atoms with Crippen LogP contribution in [0.15, 0.2) is 54.6 Å². The van der Waals surface area contributed by atoms with Gasteiger partial charge in [-0.25, -0.2) is 0 Å². The number of benzene rings is 2. The first-order chi connectivity index (χ1) is 11.6. The topological polar surface area (TPSA) is 51.2 Å². The highest BCUT2D eigenvalue weighted by molar-refractivity contribution is 6.06. The molecule has 3 aromatic rings. The molecule has 0 saturated heterocycles. The van der Waals surface area contributed by atoms with Gasteiger partial charge in [-0.05, 0) is 44.2 Å². The lowest BCUT2D eigenvalue weighted by molar-refractivity contribution is 0.0948. The molecule has 0 aliphatic rings. The van der Waals surface area contributed by atoms with Crippen molar-refractivity contribution < 1.29 is 9.53 Å². The second-order valence-corrected chi connectivity index (χ2v) is 5.75. The smallest absolute Gasteiger partial charge is 0.252 e. The number of pyridine rings is 1. The first-order valence-electron chi connectivity index (χ1n) is 7.97. The van der Waals surface area contributed by atoms with Gasteiger partial charge in [-0.1, -0.05) is 29.8 Å². The van der Waals surface area contributed by atoms with Crippen LogP contribution in [0.25, 0.3) is 10.9 Å². The van der Waals surface area contributed by atoms with Crippen molar-refractivity contribution in [1.29, 1.82) is 0 Å². The molecule has 2 aromatic carbocycles. The second kappa shape index (κ2) is 7.13. The monoisotopic (exact) mass is 320 g/mol. The number of carbonyl (C=O) groups is 1. The Balaban J connectivity index is 1.68. The predicted molar refractivity (Wildman–Crippen MR) is 95.5 cm³/mol. The third-order valence-electron chi connectivity index (χ3n) is 3.74. The third kappa shape index (κ3) is 3.71. The summed E-state index contributed by atoms with van der Waals surface area (Å²) in [6.45, 7) is 4.78. The van der Waals surface area contributed by atoms with Crippen molar-refractivity contribution >= 4 is 16.8 Å². The fraction of sp³-hybridized carbons (Fsp3) is 0.200. The van der Waals surface area contributed by atoms with Gasteiger partial charge in [0.2, 0.25) is 0 Å². The quantitative estimate of drug-likeness (QED) is 0.730. The van der Waals surface area contributed by atoms with E-state index in [1.807, 2.05) is 68.4 Å². The van der Waals surface area contributed by atoms with E-state index < -0.39 is 0 Å². The van der Waals surface area contributed by atoms with E-state index in [0.717, 1.165) is 27.9 Å². The van der Waals surface area contributed by atoms with Crippen molar-refractivity contribution in [3.05, 3.63) is 71.4 Å². The Hall–Kier alpha value is -2.88. The van der Waals surface area contributed by atoms with Crippen LogP contribution in [0.3, 0.4) is 0 Å². The van der Waals surface area contributed by atoms with Crippen LogP contribution in [0, 0.1) is 13.8 Å². The normalized spacial score (nSPS) is 10.6. The lowest BCUT2D eigenvalue weighted by Crippen LogP contribution is -2.28. The Morgan fingerprint density at radius 2 is 1.88 bits per heavy atom. The van der Waals surface area contributed by atoms with Crippen LogP contribution < -0.4 is 10.1 Å². The summed E-state index contributed by atoms with van der Waals surface area (Å²) in [5, 5.41) is 3.79. The number of nitrogens with zero attached hydrogens (tertiary/aromatic N) is 1. The zero-order valence-corrected chi connectivity index (χ0v) is 13.9. The summed E-state index contributed by atoms with van der Waals surface area (Å²) >= 11 is 0. The van der Waals surface area contributed by atoms with Gasteiger partial charge in [0.15, 0.2) is 0 Å². The molecule has 3 rings (SSSR count). The zero-order chi connectivity index (χ0) is 16.9. The number of hydrogen-bond donors (Lipinski definition) is 1. The largest absolute Gasteiger partial charge is 0.492 e. The highest BCUT2D eigenvalue weighted by atomic mass is 16.5. The molecule has 0 bridgehead atoms. The number of ether oxygens (including phenoxy) is 1. The molecule has 24 heavy (non-hydrogen) atoms. The van der Waals surface area contributed by atoms with Gasteiger partial charge in [0, 0.05) is 11.1 Å². The van der Waals surface area contributed by atoms with E-state index >= 15 is 0 Å². The van der Waals surface area contributed by atoms with Gasteiger partial charge in [0.1, 0.15) is 12.4 Å². The van der Waals surface area contributed by atoms with Crippen LogP contribution in [-0.4, -0.2) is 24.0 Å². The fourth-order valence-electron chi connectivity index (χ4n) is 2.61. The average molecular weight is 320 g/mol. The van der Waals surface area contributed by atoms with Crippen LogP contribution in [0.1, 0.15) is 21.6 Å². The highest BCUT2D eigenvalue weighted by Gasteiger charge is 2.12. The molecule has 1 N–H and O–H groups in total. The molecule has 0 saturated carbocycles. The van der Waals surface area contributed by atoms with Crippen molar-refractivity contribution in [2.24, 2.45) is 0 Å². The first kappa shape index (κ1) is 16.0. The van der Waals surface area contributed by atoms with E-state index in [-0.39, 0.29) is 5.91 Å². The standard InChI is InChI=1S/C20H20N2O2/c1-14-8-9-19-17(12-14)18(13-15(2)22-19)20(23)21-10-11-24-16-6-4-3-5-7-16/h3-9,12-13H,10-11H2,1-2H3,(H,21,23). The number of carbonyl (C=O) groups excluding carboxylic acids is 1. The van der Waals surface area contributed by atoms with Gasteiger partial charge in [-0.3, -0.25) is 9.78 Å². The van der Waals surface area contributed by atoms with Gasteiger partial charge in [0.05, 0.1) is 17.6 Å². The molecule has 1 heterocycles. The molecule has 4 nitrogen and oxygen atoms in total. The number of rotatable bonds is 5. The Bertz CT molecular complexity index is 860. The van der Waals surface area contributed by atoms with Crippen LogP contribution in [0.2, 0.25) is 0 Å². The number of para-hydroxylation sites is 1. The van der Waals surface area contributed by atoms with E-state index in [1.165, 1.54) is 0 Å². The number of amides is 1. The number of nitrogens with one attached hydrogen (secondary N) is 1. The van der Waals surface area contributed by atoms with E-state index in [4.69, 9.17) is 4.74 Å². The molecule has 0 aliphatic heterocycles. The molecule has 1 aromatic heterocycles. The summed E-state index contributed by atoms with van der Waals surface area (Å²) in [7, 11) is 0. The lowest BCUT2D eigenvalue weighted by atomic mass is 10.0. The molecule has 1 amide bonds. The van der Waals surface area contributed by atoms with E-state index in [9.17, 15) is 4.79 Å². The predicted octanol–water partition coefficient (Wildman–Crippen LogP) is 3.66. The van der Waals surface area contributed by atoms with Gasteiger partial charge in [0.25, 0.3) is 5.91 Å². The number of hydrogen-bond acceptors (Lipinski definition) is 3. The fourth-order valence-corrected chi connectivity index (χ4v) is 2.61. The molecule has 0 radical (unpaired) electrons. The zero-order valence-electron chi connectivity index (χ0n) is 13.9. The van der Waals surface area contributed by atoms with Crippen molar-refractivity contribution in [2.75, 3.05) is 13.2 Å². The lowest BCUT2D eigenvalue weighted by Gasteiger charge is -2.10. The van der Waals surface area contributed by atoms with E-state index in [0.29, 0.717) is 18.7 Å². The molecule has 0 fully saturated rings. The SMILES string of the molecule is Cc1ccc2nc(C)cc(C(=O)NCCOc3ccccc3)c2c1. The molecule has 0 atom stereocenters. The summed E-state index contributed by atoms with van der Waals surface area (Å²) in [6.07, 6.45) is 0. The van der Waals surface area contributed by atoms with Gasteiger partial charge in [-0.15, -0.1) is 0 Å². The van der Waals surface area contributed by atoms with Gasteiger partial charge >= 0.3 is 0 Å². The minimum atomic E-state index is -0.104. The number of fused-ring (bicyclic) bond motifs is 1. The number of aromatic nitrogens is 1. The summed E-state index contributed by atoms with van der Waals surface area (Å²) < 4.78 is 5.60. The van der Waals surface area contributed by atoms with Crippen LogP contribution in [0.4, 0.5) is 0 Å².